The van der Waals surface area contributed by atoms with Crippen LogP contribution in [0.15, 0.2) is 66.3 Å². The molecule has 1 aliphatic rings. The van der Waals surface area contributed by atoms with Crippen molar-refractivity contribution in [2.45, 2.75) is 31.2 Å². The predicted molar refractivity (Wildman–Crippen MR) is 124 cm³/mol. The minimum Gasteiger partial charge on any atom is -0.454 e. The predicted octanol–water partition coefficient (Wildman–Crippen LogP) is 3.60. The van der Waals surface area contributed by atoms with Crippen LogP contribution >= 0.6 is 11.8 Å². The molecule has 0 aliphatic carbocycles. The molecule has 2 aromatic carbocycles. The van der Waals surface area contributed by atoms with Crippen LogP contribution < -0.4 is 20.1 Å². The van der Waals surface area contributed by atoms with Crippen LogP contribution in [0.1, 0.15) is 17.8 Å². The highest BCUT2D eigenvalue weighted by Crippen LogP contribution is 2.32. The largest absolute Gasteiger partial charge is 0.454 e. The molecule has 3 aromatic rings. The Morgan fingerprint density at radius 3 is 2.81 bits per heavy atom. The monoisotopic (exact) mass is 451 g/mol. The van der Waals surface area contributed by atoms with E-state index < -0.39 is 0 Å². The molecule has 0 unspecified atom stereocenters. The molecule has 32 heavy (non-hydrogen) atoms. The highest BCUT2D eigenvalue weighted by molar-refractivity contribution is 7.99. The second-order valence-electron chi connectivity index (χ2n) is 7.08. The first kappa shape index (κ1) is 21.8. The number of hydrogen-bond donors (Lipinski definition) is 2. The number of fused-ring (bicyclic) bond motifs is 1. The number of allylic oxidation sites excluding steroid dienone is 1. The number of para-hydroxylation sites is 1. The molecule has 1 aliphatic heterocycles. The Bertz CT molecular complexity index is 1070. The second kappa shape index (κ2) is 10.7. The number of anilines is 1. The van der Waals surface area contributed by atoms with Gasteiger partial charge in [-0.05, 0) is 29.8 Å². The van der Waals surface area contributed by atoms with Gasteiger partial charge in [-0.3, -0.25) is 4.79 Å². The molecule has 1 amide bonds. The van der Waals surface area contributed by atoms with Crippen molar-refractivity contribution in [3.05, 3.63) is 72.6 Å². The smallest absolute Gasteiger partial charge is 0.231 e. The summed E-state index contributed by atoms with van der Waals surface area (Å²) in [5.74, 6) is 2.86. The van der Waals surface area contributed by atoms with Gasteiger partial charge in [-0.1, -0.05) is 42.1 Å². The SMILES string of the molecule is C=CCn1c(CNc2ccccc2)nnc1SCCC(=O)NCc1ccc2c(c1)OCO2. The maximum Gasteiger partial charge on any atom is 0.231 e. The van der Waals surface area contributed by atoms with Crippen LogP contribution in [0.2, 0.25) is 0 Å². The molecule has 2 heterocycles. The molecular formula is C23H25N5O3S. The molecule has 1 aromatic heterocycles. The minimum absolute atomic E-state index is 0.0177. The third-order valence-electron chi connectivity index (χ3n) is 4.82. The summed E-state index contributed by atoms with van der Waals surface area (Å²) < 4.78 is 12.7. The summed E-state index contributed by atoms with van der Waals surface area (Å²) in [6.45, 7) is 5.68. The van der Waals surface area contributed by atoms with E-state index >= 15 is 0 Å². The van der Waals surface area contributed by atoms with Crippen LogP contribution in [0.4, 0.5) is 5.69 Å². The maximum atomic E-state index is 12.3. The van der Waals surface area contributed by atoms with E-state index in [0.717, 1.165) is 28.0 Å². The summed E-state index contributed by atoms with van der Waals surface area (Å²) in [5, 5.41) is 15.7. The fourth-order valence-electron chi connectivity index (χ4n) is 3.18. The minimum atomic E-state index is -0.0177. The van der Waals surface area contributed by atoms with Gasteiger partial charge in [-0.25, -0.2) is 0 Å². The molecule has 8 nitrogen and oxygen atoms in total. The van der Waals surface area contributed by atoms with Crippen LogP contribution in [0.3, 0.4) is 0 Å². The Balaban J connectivity index is 1.25. The number of nitrogens with one attached hydrogen (secondary N) is 2. The lowest BCUT2D eigenvalue weighted by atomic mass is 10.2. The fraction of sp³-hybridized carbons (Fsp3) is 0.261. The van der Waals surface area contributed by atoms with Crippen LogP contribution in [0, 0.1) is 0 Å². The Kier molecular flexibility index (Phi) is 7.29. The lowest BCUT2D eigenvalue weighted by Crippen LogP contribution is -2.23. The standard InChI is InChI=1S/C23H25N5O3S/c1-2-11-28-21(15-24-18-6-4-3-5-7-18)26-27-23(28)32-12-10-22(29)25-14-17-8-9-19-20(13-17)31-16-30-19/h2-9,13,24H,1,10-12,14-16H2,(H,25,29). The van der Waals surface area contributed by atoms with E-state index in [1.807, 2.05) is 59.2 Å². The van der Waals surface area contributed by atoms with E-state index in [1.165, 1.54) is 11.8 Å². The first-order valence-electron chi connectivity index (χ1n) is 10.3. The van der Waals surface area contributed by atoms with Crippen LogP contribution in [0.5, 0.6) is 11.5 Å². The molecule has 4 rings (SSSR count). The molecule has 2 N–H and O–H groups in total. The van der Waals surface area contributed by atoms with Crippen LogP contribution in [0.25, 0.3) is 0 Å². The normalized spacial score (nSPS) is 11.9. The molecule has 0 saturated carbocycles. The number of ether oxygens (including phenoxy) is 2. The maximum absolute atomic E-state index is 12.3. The average molecular weight is 452 g/mol. The van der Waals surface area contributed by atoms with Crippen molar-refractivity contribution >= 4 is 23.4 Å². The number of benzene rings is 2. The highest BCUT2D eigenvalue weighted by atomic mass is 32.2. The van der Waals surface area contributed by atoms with Gasteiger partial charge in [0.2, 0.25) is 12.7 Å². The van der Waals surface area contributed by atoms with E-state index in [-0.39, 0.29) is 12.7 Å². The van der Waals surface area contributed by atoms with Gasteiger partial charge in [0.15, 0.2) is 22.5 Å². The zero-order valence-corrected chi connectivity index (χ0v) is 18.4. The van der Waals surface area contributed by atoms with Crippen molar-refractivity contribution in [2.75, 3.05) is 17.9 Å². The van der Waals surface area contributed by atoms with E-state index in [9.17, 15) is 4.79 Å². The number of nitrogens with zero attached hydrogens (tertiary/aromatic N) is 3. The molecule has 0 fully saturated rings. The van der Waals surface area contributed by atoms with E-state index in [2.05, 4.69) is 27.4 Å². The molecule has 9 heteroatoms. The molecule has 0 atom stereocenters. The van der Waals surface area contributed by atoms with Gasteiger partial charge in [0.05, 0.1) is 6.54 Å². The lowest BCUT2D eigenvalue weighted by Gasteiger charge is -2.09. The molecule has 0 spiro atoms. The highest BCUT2D eigenvalue weighted by Gasteiger charge is 2.14. The molecule has 166 valence electrons. The van der Waals surface area contributed by atoms with Crippen LogP contribution in [-0.4, -0.2) is 33.2 Å². The van der Waals surface area contributed by atoms with Crippen molar-refractivity contribution in [3.8, 4) is 11.5 Å². The number of thioether (sulfide) groups is 1. The molecule has 0 radical (unpaired) electrons. The summed E-state index contributed by atoms with van der Waals surface area (Å²) in [5.41, 5.74) is 1.99. The Hall–Kier alpha value is -3.46. The second-order valence-corrected chi connectivity index (χ2v) is 8.14. The van der Waals surface area contributed by atoms with Gasteiger partial charge >= 0.3 is 0 Å². The Morgan fingerprint density at radius 1 is 1.12 bits per heavy atom. The first-order valence-corrected chi connectivity index (χ1v) is 11.3. The number of carbonyl (C=O) groups excluding carboxylic acids is 1. The zero-order chi connectivity index (χ0) is 22.2. The van der Waals surface area contributed by atoms with Crippen molar-refractivity contribution in [1.82, 2.24) is 20.1 Å². The van der Waals surface area contributed by atoms with Gasteiger partial charge in [0.25, 0.3) is 0 Å². The van der Waals surface area contributed by atoms with Crippen LogP contribution in [-0.2, 0) is 24.4 Å². The third-order valence-corrected chi connectivity index (χ3v) is 5.78. The van der Waals surface area contributed by atoms with Gasteiger partial charge in [-0.2, -0.15) is 0 Å². The summed E-state index contributed by atoms with van der Waals surface area (Å²) in [4.78, 5) is 12.3. The molecular weight excluding hydrogens is 426 g/mol. The summed E-state index contributed by atoms with van der Waals surface area (Å²) in [6.07, 6.45) is 2.20. The van der Waals surface area contributed by atoms with Gasteiger partial charge in [0.1, 0.15) is 0 Å². The molecule has 0 saturated heterocycles. The number of aromatic nitrogens is 3. The van der Waals surface area contributed by atoms with E-state index in [4.69, 9.17) is 9.47 Å². The van der Waals surface area contributed by atoms with Crippen molar-refractivity contribution in [1.29, 1.82) is 0 Å². The van der Waals surface area contributed by atoms with Crippen molar-refractivity contribution < 1.29 is 14.3 Å². The van der Waals surface area contributed by atoms with Crippen molar-refractivity contribution in [3.63, 3.8) is 0 Å². The third kappa shape index (κ3) is 5.61. The quantitative estimate of drug-likeness (QED) is 0.340. The van der Waals surface area contributed by atoms with E-state index in [0.29, 0.717) is 37.6 Å². The number of hydrogen-bond acceptors (Lipinski definition) is 7. The Morgan fingerprint density at radius 2 is 1.97 bits per heavy atom. The number of carbonyl (C=O) groups is 1. The summed E-state index contributed by atoms with van der Waals surface area (Å²) in [6, 6.07) is 15.6. The molecule has 0 bridgehead atoms. The van der Waals surface area contributed by atoms with Gasteiger partial charge < -0.3 is 24.7 Å². The van der Waals surface area contributed by atoms with E-state index in [1.54, 1.807) is 0 Å². The number of rotatable bonds is 11. The summed E-state index contributed by atoms with van der Waals surface area (Å²) >= 11 is 1.51. The van der Waals surface area contributed by atoms with Gasteiger partial charge in [0, 0.05) is 31.0 Å². The zero-order valence-electron chi connectivity index (χ0n) is 17.6. The first-order chi connectivity index (χ1) is 15.7. The van der Waals surface area contributed by atoms with Crippen molar-refractivity contribution in [2.24, 2.45) is 0 Å². The fourth-order valence-corrected chi connectivity index (χ4v) is 4.09. The lowest BCUT2D eigenvalue weighted by molar-refractivity contribution is -0.120. The van der Waals surface area contributed by atoms with Gasteiger partial charge in [-0.15, -0.1) is 16.8 Å². The Labute approximate surface area is 191 Å². The average Bonchev–Trinajstić information content (AvgIpc) is 3.44. The topological polar surface area (TPSA) is 90.3 Å². The number of amides is 1. The summed E-state index contributed by atoms with van der Waals surface area (Å²) in [7, 11) is 0.